The van der Waals surface area contributed by atoms with Gasteiger partial charge >= 0.3 is 0 Å². The lowest BCUT2D eigenvalue weighted by molar-refractivity contribution is 0.303. The highest BCUT2D eigenvalue weighted by Crippen LogP contribution is 2.27. The lowest BCUT2D eigenvalue weighted by Crippen LogP contribution is -2.27. The molecular weight excluding hydrogens is 204 g/mol. The Morgan fingerprint density at radius 3 is 1.94 bits per heavy atom. The van der Waals surface area contributed by atoms with E-state index in [0.29, 0.717) is 6.54 Å². The van der Waals surface area contributed by atoms with Crippen molar-refractivity contribution in [3.63, 3.8) is 0 Å². The molecule has 0 spiro atoms. The monoisotopic (exact) mass is 224 g/mol. The zero-order valence-corrected chi connectivity index (χ0v) is 10.4. The molecule has 0 aromatic heterocycles. The van der Waals surface area contributed by atoms with Crippen molar-refractivity contribution in [1.29, 1.82) is 0 Å². The molecule has 0 aliphatic rings. The number of methoxy groups -OCH3 is 2. The maximum absolute atomic E-state index is 5.77. The van der Waals surface area contributed by atoms with E-state index in [9.17, 15) is 0 Å². The third-order valence-corrected chi connectivity index (χ3v) is 2.61. The van der Waals surface area contributed by atoms with E-state index in [1.807, 2.05) is 32.3 Å². The highest BCUT2D eigenvalue weighted by molar-refractivity contribution is 5.39. The zero-order chi connectivity index (χ0) is 12.1. The molecule has 0 saturated carbocycles. The molecule has 90 valence electrons. The molecule has 0 radical (unpaired) electrons. The highest BCUT2D eigenvalue weighted by atomic mass is 16.5. The lowest BCUT2D eigenvalue weighted by Gasteiger charge is -2.23. The molecule has 0 fully saturated rings. The third kappa shape index (κ3) is 2.87. The van der Waals surface area contributed by atoms with Crippen LogP contribution in [0.1, 0.15) is 11.6 Å². The van der Waals surface area contributed by atoms with Gasteiger partial charge in [-0.1, -0.05) is 0 Å². The SMILES string of the molecule is COc1cc(OC)cc([C@@H](CN)N(C)C)c1. The van der Waals surface area contributed by atoms with Crippen LogP contribution in [0.4, 0.5) is 0 Å². The minimum Gasteiger partial charge on any atom is -0.497 e. The fourth-order valence-electron chi connectivity index (χ4n) is 1.67. The van der Waals surface area contributed by atoms with Gasteiger partial charge in [0.2, 0.25) is 0 Å². The lowest BCUT2D eigenvalue weighted by atomic mass is 10.1. The van der Waals surface area contributed by atoms with Crippen molar-refractivity contribution in [2.24, 2.45) is 5.73 Å². The van der Waals surface area contributed by atoms with Crippen molar-refractivity contribution in [2.45, 2.75) is 6.04 Å². The largest absolute Gasteiger partial charge is 0.497 e. The quantitative estimate of drug-likeness (QED) is 0.818. The van der Waals surface area contributed by atoms with Crippen LogP contribution in [-0.4, -0.2) is 39.8 Å². The average Bonchev–Trinajstić information content (AvgIpc) is 2.29. The number of hydrogen-bond acceptors (Lipinski definition) is 4. The van der Waals surface area contributed by atoms with Crippen LogP contribution in [0.2, 0.25) is 0 Å². The maximum Gasteiger partial charge on any atom is 0.122 e. The average molecular weight is 224 g/mol. The molecule has 0 saturated heterocycles. The zero-order valence-electron chi connectivity index (χ0n) is 10.4. The Balaban J connectivity index is 3.10. The number of rotatable bonds is 5. The Morgan fingerprint density at radius 2 is 1.62 bits per heavy atom. The van der Waals surface area contributed by atoms with Crippen LogP contribution in [0.5, 0.6) is 11.5 Å². The van der Waals surface area contributed by atoms with Crippen molar-refractivity contribution in [2.75, 3.05) is 34.9 Å². The number of ether oxygens (including phenoxy) is 2. The summed E-state index contributed by atoms with van der Waals surface area (Å²) in [5.41, 5.74) is 6.87. The van der Waals surface area contributed by atoms with E-state index in [-0.39, 0.29) is 6.04 Å². The minimum atomic E-state index is 0.170. The van der Waals surface area contributed by atoms with Crippen LogP contribution in [0.25, 0.3) is 0 Å². The first kappa shape index (κ1) is 12.8. The van der Waals surface area contributed by atoms with Crippen molar-refractivity contribution >= 4 is 0 Å². The van der Waals surface area contributed by atoms with E-state index in [1.165, 1.54) is 0 Å². The van der Waals surface area contributed by atoms with E-state index in [4.69, 9.17) is 15.2 Å². The fraction of sp³-hybridized carbons (Fsp3) is 0.500. The van der Waals surface area contributed by atoms with E-state index < -0.39 is 0 Å². The van der Waals surface area contributed by atoms with Crippen molar-refractivity contribution in [3.05, 3.63) is 23.8 Å². The molecule has 1 rings (SSSR count). The molecule has 0 aliphatic carbocycles. The summed E-state index contributed by atoms with van der Waals surface area (Å²) in [5.74, 6) is 1.57. The van der Waals surface area contributed by atoms with Gasteiger partial charge in [-0.15, -0.1) is 0 Å². The molecule has 4 nitrogen and oxygen atoms in total. The molecule has 0 bridgehead atoms. The summed E-state index contributed by atoms with van der Waals surface area (Å²) in [6.07, 6.45) is 0. The van der Waals surface area contributed by atoms with Crippen LogP contribution in [-0.2, 0) is 0 Å². The summed E-state index contributed by atoms with van der Waals surface area (Å²) in [4.78, 5) is 2.08. The Bertz CT molecular complexity index is 318. The van der Waals surface area contributed by atoms with E-state index >= 15 is 0 Å². The number of benzene rings is 1. The molecule has 2 N–H and O–H groups in total. The van der Waals surface area contributed by atoms with Gasteiger partial charge in [0.25, 0.3) is 0 Å². The van der Waals surface area contributed by atoms with Gasteiger partial charge in [0.05, 0.1) is 14.2 Å². The Morgan fingerprint density at radius 1 is 1.12 bits per heavy atom. The first-order chi connectivity index (χ1) is 7.62. The van der Waals surface area contributed by atoms with Gasteiger partial charge in [-0.25, -0.2) is 0 Å². The Hall–Kier alpha value is -1.26. The van der Waals surface area contributed by atoms with Gasteiger partial charge in [0.15, 0.2) is 0 Å². The fourth-order valence-corrected chi connectivity index (χ4v) is 1.67. The molecular formula is C12H20N2O2. The van der Waals surface area contributed by atoms with Crippen molar-refractivity contribution < 1.29 is 9.47 Å². The van der Waals surface area contributed by atoms with Gasteiger partial charge in [-0.3, -0.25) is 0 Å². The summed E-state index contributed by atoms with van der Waals surface area (Å²) < 4.78 is 10.5. The second kappa shape index (κ2) is 5.72. The topological polar surface area (TPSA) is 47.7 Å². The second-order valence-corrected chi connectivity index (χ2v) is 3.86. The summed E-state index contributed by atoms with van der Waals surface area (Å²) >= 11 is 0. The predicted octanol–water partition coefficient (Wildman–Crippen LogP) is 1.27. The molecule has 4 heteroatoms. The van der Waals surface area contributed by atoms with Gasteiger partial charge in [0.1, 0.15) is 11.5 Å². The van der Waals surface area contributed by atoms with Crippen LogP contribution in [0.15, 0.2) is 18.2 Å². The van der Waals surface area contributed by atoms with Gasteiger partial charge < -0.3 is 20.1 Å². The molecule has 16 heavy (non-hydrogen) atoms. The van der Waals surface area contributed by atoms with Crippen molar-refractivity contribution in [1.82, 2.24) is 4.90 Å². The summed E-state index contributed by atoms with van der Waals surface area (Å²) in [6.45, 7) is 0.559. The van der Waals surface area contributed by atoms with E-state index in [0.717, 1.165) is 17.1 Å². The normalized spacial score (nSPS) is 12.6. The molecule has 0 amide bonds. The number of hydrogen-bond donors (Lipinski definition) is 1. The van der Waals surface area contributed by atoms with Crippen LogP contribution in [0.3, 0.4) is 0 Å². The smallest absolute Gasteiger partial charge is 0.122 e. The Labute approximate surface area is 96.9 Å². The summed E-state index contributed by atoms with van der Waals surface area (Å²) in [5, 5.41) is 0. The van der Waals surface area contributed by atoms with Crippen LogP contribution in [0, 0.1) is 0 Å². The van der Waals surface area contributed by atoms with Crippen LogP contribution < -0.4 is 15.2 Å². The molecule has 1 atom stereocenters. The number of likely N-dealkylation sites (N-methyl/N-ethyl adjacent to an activating group) is 1. The van der Waals surface area contributed by atoms with Gasteiger partial charge in [-0.2, -0.15) is 0 Å². The second-order valence-electron chi connectivity index (χ2n) is 3.86. The van der Waals surface area contributed by atoms with E-state index in [1.54, 1.807) is 14.2 Å². The first-order valence-corrected chi connectivity index (χ1v) is 5.21. The Kier molecular flexibility index (Phi) is 4.58. The van der Waals surface area contributed by atoms with E-state index in [2.05, 4.69) is 4.90 Å². The molecule has 0 aliphatic heterocycles. The summed E-state index contributed by atoms with van der Waals surface area (Å²) in [6, 6.07) is 6.00. The van der Waals surface area contributed by atoms with Crippen molar-refractivity contribution in [3.8, 4) is 11.5 Å². The first-order valence-electron chi connectivity index (χ1n) is 5.21. The third-order valence-electron chi connectivity index (χ3n) is 2.61. The molecule has 1 aromatic carbocycles. The maximum atomic E-state index is 5.77. The van der Waals surface area contributed by atoms with Gasteiger partial charge in [-0.05, 0) is 31.8 Å². The molecule has 0 heterocycles. The van der Waals surface area contributed by atoms with Gasteiger partial charge in [0, 0.05) is 18.7 Å². The minimum absolute atomic E-state index is 0.170. The number of nitrogens with zero attached hydrogens (tertiary/aromatic N) is 1. The number of nitrogens with two attached hydrogens (primary N) is 1. The predicted molar refractivity (Wildman–Crippen MR) is 65.0 cm³/mol. The summed E-state index contributed by atoms with van der Waals surface area (Å²) in [7, 11) is 7.30. The van der Waals surface area contributed by atoms with Crippen LogP contribution >= 0.6 is 0 Å². The highest BCUT2D eigenvalue weighted by Gasteiger charge is 2.14. The molecule has 1 aromatic rings. The molecule has 0 unspecified atom stereocenters. The standard InChI is InChI=1S/C12H20N2O2/c1-14(2)12(8-13)9-5-10(15-3)7-11(6-9)16-4/h5-7,12H,8,13H2,1-4H3/t12-/m1/s1.